The van der Waals surface area contributed by atoms with E-state index in [0.717, 1.165) is 12.8 Å². The molecule has 3 heteroatoms. The number of hydrogen-bond donors (Lipinski definition) is 2. The Labute approximate surface area is 99.8 Å². The Kier molecular flexibility index (Phi) is 6.53. The van der Waals surface area contributed by atoms with Gasteiger partial charge in [-0.05, 0) is 31.6 Å². The van der Waals surface area contributed by atoms with Gasteiger partial charge in [-0.25, -0.2) is 0 Å². The molecule has 0 aliphatic carbocycles. The molecule has 0 heterocycles. The summed E-state index contributed by atoms with van der Waals surface area (Å²) in [6.07, 6.45) is 2.64. The molecule has 0 rings (SSSR count). The summed E-state index contributed by atoms with van der Waals surface area (Å²) in [5, 5.41) is 19.9. The van der Waals surface area contributed by atoms with Gasteiger partial charge >= 0.3 is 0 Å². The van der Waals surface area contributed by atoms with Crippen LogP contribution in [0.25, 0.3) is 0 Å². The van der Waals surface area contributed by atoms with Crippen LogP contribution in [0.4, 0.5) is 0 Å². The lowest BCUT2D eigenvalue weighted by molar-refractivity contribution is -0.0243. The summed E-state index contributed by atoms with van der Waals surface area (Å²) in [5.74, 6) is 0. The molecular formula is C13H28O3. The maximum atomic E-state index is 10.1. The van der Waals surface area contributed by atoms with E-state index in [1.807, 2.05) is 13.8 Å². The van der Waals surface area contributed by atoms with Gasteiger partial charge < -0.3 is 14.9 Å². The zero-order chi connectivity index (χ0) is 12.8. The lowest BCUT2D eigenvalue weighted by atomic mass is 9.73. The van der Waals surface area contributed by atoms with Crippen LogP contribution in [-0.4, -0.2) is 35.6 Å². The Morgan fingerprint density at radius 1 is 1.19 bits per heavy atom. The molecule has 0 aromatic carbocycles. The molecule has 0 aromatic heterocycles. The number of rotatable bonds is 8. The molecule has 0 saturated carbocycles. The molecule has 0 radical (unpaired) electrons. The highest BCUT2D eigenvalue weighted by atomic mass is 16.5. The topological polar surface area (TPSA) is 49.7 Å². The minimum atomic E-state index is -0.641. The summed E-state index contributed by atoms with van der Waals surface area (Å²) in [7, 11) is 1.59. The summed E-state index contributed by atoms with van der Waals surface area (Å²) in [4.78, 5) is 0. The van der Waals surface area contributed by atoms with E-state index in [9.17, 15) is 10.2 Å². The van der Waals surface area contributed by atoms with Gasteiger partial charge in [0, 0.05) is 7.11 Å². The van der Waals surface area contributed by atoms with E-state index in [4.69, 9.17) is 4.74 Å². The zero-order valence-corrected chi connectivity index (χ0v) is 11.4. The lowest BCUT2D eigenvalue weighted by Gasteiger charge is -2.37. The van der Waals surface area contributed by atoms with Gasteiger partial charge in [-0.15, -0.1) is 0 Å². The zero-order valence-electron chi connectivity index (χ0n) is 11.4. The van der Waals surface area contributed by atoms with E-state index in [0.29, 0.717) is 19.4 Å². The van der Waals surface area contributed by atoms with Crippen LogP contribution in [0.3, 0.4) is 0 Å². The number of hydrogen-bond acceptors (Lipinski definition) is 3. The first-order valence-corrected chi connectivity index (χ1v) is 6.18. The quantitative estimate of drug-likeness (QED) is 0.675. The molecule has 0 aliphatic rings. The second-order valence-corrected chi connectivity index (χ2v) is 5.50. The summed E-state index contributed by atoms with van der Waals surface area (Å²) in [5.41, 5.74) is -0.672. The molecular weight excluding hydrogens is 204 g/mol. The van der Waals surface area contributed by atoms with Gasteiger partial charge in [0.25, 0.3) is 0 Å². The molecule has 0 saturated heterocycles. The molecule has 0 fully saturated rings. The van der Waals surface area contributed by atoms with E-state index in [-0.39, 0.29) is 5.41 Å². The van der Waals surface area contributed by atoms with Crippen LogP contribution in [0.2, 0.25) is 0 Å². The third kappa shape index (κ3) is 5.83. The number of ether oxygens (including phenoxy) is 1. The molecule has 2 N–H and O–H groups in total. The van der Waals surface area contributed by atoms with Gasteiger partial charge in [0.05, 0.1) is 18.3 Å². The lowest BCUT2D eigenvalue weighted by Crippen LogP contribution is -2.35. The SMILES string of the molecule is CCC(C)(O)CC(C)(CC)CC(O)COC. The fourth-order valence-corrected chi connectivity index (χ4v) is 2.21. The standard InChI is InChI=1S/C13H28O3/c1-6-12(3,8-11(14)9-16-5)10-13(4,15)7-2/h11,14-15H,6-10H2,1-5H3. The van der Waals surface area contributed by atoms with Crippen LogP contribution >= 0.6 is 0 Å². The fourth-order valence-electron chi connectivity index (χ4n) is 2.21. The molecule has 0 amide bonds. The molecule has 3 unspecified atom stereocenters. The Bertz CT molecular complexity index is 192. The monoisotopic (exact) mass is 232 g/mol. The summed E-state index contributed by atoms with van der Waals surface area (Å²) >= 11 is 0. The molecule has 0 aliphatic heterocycles. The smallest absolute Gasteiger partial charge is 0.0778 e. The van der Waals surface area contributed by atoms with Crippen LogP contribution in [0.5, 0.6) is 0 Å². The van der Waals surface area contributed by atoms with Gasteiger partial charge in [0.15, 0.2) is 0 Å². The van der Waals surface area contributed by atoms with E-state index in [1.54, 1.807) is 7.11 Å². The van der Waals surface area contributed by atoms with Crippen molar-refractivity contribution < 1.29 is 14.9 Å². The van der Waals surface area contributed by atoms with E-state index >= 15 is 0 Å². The summed E-state index contributed by atoms with van der Waals surface area (Å²) < 4.78 is 4.94. The second-order valence-electron chi connectivity index (χ2n) is 5.50. The molecule has 0 bridgehead atoms. The van der Waals surface area contributed by atoms with Crippen LogP contribution < -0.4 is 0 Å². The van der Waals surface area contributed by atoms with Gasteiger partial charge in [-0.3, -0.25) is 0 Å². The average Bonchev–Trinajstić information content (AvgIpc) is 2.17. The third-order valence-electron chi connectivity index (χ3n) is 3.51. The van der Waals surface area contributed by atoms with Crippen molar-refractivity contribution in [1.82, 2.24) is 0 Å². The average molecular weight is 232 g/mol. The van der Waals surface area contributed by atoms with Crippen molar-refractivity contribution in [1.29, 1.82) is 0 Å². The second kappa shape index (κ2) is 6.58. The van der Waals surface area contributed by atoms with Gasteiger partial charge in [0.2, 0.25) is 0 Å². The summed E-state index contributed by atoms with van der Waals surface area (Å²) in [6.45, 7) is 8.44. The highest BCUT2D eigenvalue weighted by Gasteiger charge is 2.33. The third-order valence-corrected chi connectivity index (χ3v) is 3.51. The first kappa shape index (κ1) is 15.9. The largest absolute Gasteiger partial charge is 0.391 e. The molecule has 3 atom stereocenters. The maximum Gasteiger partial charge on any atom is 0.0778 e. The van der Waals surface area contributed by atoms with Crippen LogP contribution in [0.1, 0.15) is 53.4 Å². The Morgan fingerprint density at radius 3 is 2.12 bits per heavy atom. The normalized spacial score (nSPS) is 21.2. The van der Waals surface area contributed by atoms with Crippen molar-refractivity contribution in [2.45, 2.75) is 65.1 Å². The van der Waals surface area contributed by atoms with Gasteiger partial charge in [-0.2, -0.15) is 0 Å². The molecule has 0 spiro atoms. The molecule has 0 aromatic rings. The van der Waals surface area contributed by atoms with Crippen LogP contribution in [0.15, 0.2) is 0 Å². The Hall–Kier alpha value is -0.120. The minimum absolute atomic E-state index is 0.0303. The number of aliphatic hydroxyl groups excluding tert-OH is 1. The molecule has 3 nitrogen and oxygen atoms in total. The van der Waals surface area contributed by atoms with Crippen molar-refractivity contribution in [3.63, 3.8) is 0 Å². The van der Waals surface area contributed by atoms with Crippen molar-refractivity contribution in [3.05, 3.63) is 0 Å². The van der Waals surface area contributed by atoms with Crippen molar-refractivity contribution in [2.24, 2.45) is 5.41 Å². The predicted octanol–water partition coefficient (Wildman–Crippen LogP) is 2.35. The first-order chi connectivity index (χ1) is 7.28. The van der Waals surface area contributed by atoms with Crippen molar-refractivity contribution >= 4 is 0 Å². The van der Waals surface area contributed by atoms with Gasteiger partial charge in [0.1, 0.15) is 0 Å². The van der Waals surface area contributed by atoms with E-state index in [1.165, 1.54) is 0 Å². The van der Waals surface area contributed by atoms with E-state index < -0.39 is 11.7 Å². The molecule has 98 valence electrons. The summed E-state index contributed by atoms with van der Waals surface area (Å²) in [6, 6.07) is 0. The minimum Gasteiger partial charge on any atom is -0.391 e. The van der Waals surface area contributed by atoms with E-state index in [2.05, 4.69) is 13.8 Å². The highest BCUT2D eigenvalue weighted by molar-refractivity contribution is 4.85. The van der Waals surface area contributed by atoms with Crippen LogP contribution in [-0.2, 0) is 4.74 Å². The first-order valence-electron chi connectivity index (χ1n) is 6.18. The van der Waals surface area contributed by atoms with Gasteiger partial charge in [-0.1, -0.05) is 27.2 Å². The van der Waals surface area contributed by atoms with Crippen molar-refractivity contribution in [3.8, 4) is 0 Å². The predicted molar refractivity (Wildman–Crippen MR) is 66.4 cm³/mol. The Balaban J connectivity index is 4.41. The molecule has 16 heavy (non-hydrogen) atoms. The Morgan fingerprint density at radius 2 is 1.75 bits per heavy atom. The highest BCUT2D eigenvalue weighted by Crippen LogP contribution is 2.37. The number of methoxy groups -OCH3 is 1. The number of aliphatic hydroxyl groups is 2. The van der Waals surface area contributed by atoms with Crippen molar-refractivity contribution in [2.75, 3.05) is 13.7 Å². The maximum absolute atomic E-state index is 10.1. The fraction of sp³-hybridized carbons (Fsp3) is 1.00. The van der Waals surface area contributed by atoms with Crippen LogP contribution in [0, 0.1) is 5.41 Å².